The topological polar surface area (TPSA) is 43.4 Å². The Hall–Kier alpha value is -1.81. The number of aryl methyl sites for hydroxylation is 1. The molecule has 0 radical (unpaired) electrons. The average Bonchev–Trinajstić information content (AvgIpc) is 2.47. The predicted molar refractivity (Wildman–Crippen MR) is 74.3 cm³/mol. The van der Waals surface area contributed by atoms with Crippen molar-refractivity contribution in [3.8, 4) is 5.75 Å². The molecule has 3 nitrogen and oxygen atoms in total. The third-order valence-electron chi connectivity index (χ3n) is 2.99. The van der Waals surface area contributed by atoms with E-state index < -0.39 is 9.84 Å². The van der Waals surface area contributed by atoms with Crippen molar-refractivity contribution in [2.24, 2.45) is 0 Å². The number of hydrogen-bond donors (Lipinski definition) is 0. The van der Waals surface area contributed by atoms with Crippen LogP contribution in [0.4, 0.5) is 0 Å². The van der Waals surface area contributed by atoms with Crippen LogP contribution in [0.5, 0.6) is 5.75 Å². The van der Waals surface area contributed by atoms with Gasteiger partial charge in [0, 0.05) is 0 Å². The van der Waals surface area contributed by atoms with Crippen LogP contribution in [0.2, 0.25) is 0 Å². The first-order valence-corrected chi connectivity index (χ1v) is 7.54. The molecule has 0 unspecified atom stereocenters. The van der Waals surface area contributed by atoms with Crippen molar-refractivity contribution in [1.82, 2.24) is 0 Å². The number of sulfone groups is 1. The molecule has 0 aliphatic rings. The number of ether oxygens (including phenoxy) is 1. The first-order chi connectivity index (χ1) is 9.07. The summed E-state index contributed by atoms with van der Waals surface area (Å²) in [5.74, 6) is 0.534. The van der Waals surface area contributed by atoms with Gasteiger partial charge in [0.2, 0.25) is 9.84 Å². The largest absolute Gasteiger partial charge is 0.497 e. The zero-order valence-corrected chi connectivity index (χ0v) is 11.8. The highest BCUT2D eigenvalue weighted by atomic mass is 32.2. The van der Waals surface area contributed by atoms with Gasteiger partial charge in [-0.2, -0.15) is 0 Å². The van der Waals surface area contributed by atoms with E-state index in [1.807, 2.05) is 19.1 Å². The Bertz CT molecular complexity index is 658. The predicted octanol–water partition coefficient (Wildman–Crippen LogP) is 3.09. The van der Waals surface area contributed by atoms with Gasteiger partial charge in [-0.3, -0.25) is 0 Å². The molecule has 0 amide bonds. The Morgan fingerprint density at radius 3 is 2.26 bits per heavy atom. The van der Waals surface area contributed by atoms with Gasteiger partial charge in [0.25, 0.3) is 0 Å². The molecule has 2 aromatic carbocycles. The molecule has 0 bridgehead atoms. The molecular weight excluding hydrogens is 260 g/mol. The Kier molecular flexibility index (Phi) is 3.90. The third-order valence-corrected chi connectivity index (χ3v) is 4.76. The van der Waals surface area contributed by atoms with Gasteiger partial charge < -0.3 is 4.74 Å². The van der Waals surface area contributed by atoms with E-state index in [2.05, 4.69) is 0 Å². The minimum absolute atomic E-state index is 0.246. The molecule has 0 saturated carbocycles. The van der Waals surface area contributed by atoms with Crippen molar-refractivity contribution in [3.63, 3.8) is 0 Å². The van der Waals surface area contributed by atoms with Crippen LogP contribution >= 0.6 is 0 Å². The lowest BCUT2D eigenvalue weighted by molar-refractivity contribution is 0.413. The number of benzene rings is 2. The van der Waals surface area contributed by atoms with E-state index in [0.717, 1.165) is 12.0 Å². The first kappa shape index (κ1) is 13.6. The molecule has 4 heteroatoms. The summed E-state index contributed by atoms with van der Waals surface area (Å²) in [5, 5.41) is 0. The zero-order valence-electron chi connectivity index (χ0n) is 11.0. The second-order valence-corrected chi connectivity index (χ2v) is 6.13. The van der Waals surface area contributed by atoms with E-state index in [0.29, 0.717) is 10.6 Å². The monoisotopic (exact) mass is 276 g/mol. The van der Waals surface area contributed by atoms with E-state index in [9.17, 15) is 8.42 Å². The SMILES string of the molecule is CCc1ccc(S(=O)(=O)c2cccc(OC)c2)cc1. The minimum Gasteiger partial charge on any atom is -0.497 e. The van der Waals surface area contributed by atoms with Gasteiger partial charge in [-0.15, -0.1) is 0 Å². The Labute approximate surface area is 113 Å². The summed E-state index contributed by atoms with van der Waals surface area (Å²) in [6.45, 7) is 2.03. The van der Waals surface area contributed by atoms with Crippen LogP contribution in [0.25, 0.3) is 0 Å². The van der Waals surface area contributed by atoms with E-state index >= 15 is 0 Å². The lowest BCUT2D eigenvalue weighted by Crippen LogP contribution is -2.02. The zero-order chi connectivity index (χ0) is 13.9. The maximum absolute atomic E-state index is 12.4. The molecule has 0 fully saturated rings. The van der Waals surface area contributed by atoms with Crippen LogP contribution in [-0.4, -0.2) is 15.5 Å². The highest BCUT2D eigenvalue weighted by Crippen LogP contribution is 2.24. The van der Waals surface area contributed by atoms with Crippen LogP contribution < -0.4 is 4.74 Å². The lowest BCUT2D eigenvalue weighted by atomic mass is 10.2. The molecule has 0 atom stereocenters. The molecule has 2 rings (SSSR count). The van der Waals surface area contributed by atoms with Gasteiger partial charge in [0.15, 0.2) is 0 Å². The molecular formula is C15H16O3S. The normalized spacial score (nSPS) is 11.3. The molecule has 19 heavy (non-hydrogen) atoms. The van der Waals surface area contributed by atoms with E-state index in [1.54, 1.807) is 30.3 Å². The molecule has 0 saturated heterocycles. The first-order valence-electron chi connectivity index (χ1n) is 6.06. The maximum atomic E-state index is 12.4. The van der Waals surface area contributed by atoms with Crippen LogP contribution in [0, 0.1) is 0 Å². The smallest absolute Gasteiger partial charge is 0.206 e. The van der Waals surface area contributed by atoms with Gasteiger partial charge >= 0.3 is 0 Å². The van der Waals surface area contributed by atoms with Crippen molar-refractivity contribution >= 4 is 9.84 Å². The van der Waals surface area contributed by atoms with Crippen molar-refractivity contribution < 1.29 is 13.2 Å². The molecule has 0 aromatic heterocycles. The molecule has 0 aliphatic heterocycles. The van der Waals surface area contributed by atoms with Crippen molar-refractivity contribution in [1.29, 1.82) is 0 Å². The minimum atomic E-state index is -3.48. The molecule has 0 N–H and O–H groups in total. The highest BCUT2D eigenvalue weighted by molar-refractivity contribution is 7.91. The van der Waals surface area contributed by atoms with E-state index in [4.69, 9.17) is 4.74 Å². The van der Waals surface area contributed by atoms with Crippen molar-refractivity contribution in [2.45, 2.75) is 23.1 Å². The summed E-state index contributed by atoms with van der Waals surface area (Å²) in [6, 6.07) is 13.5. The van der Waals surface area contributed by atoms with Gasteiger partial charge in [-0.1, -0.05) is 25.1 Å². The standard InChI is InChI=1S/C15H16O3S/c1-3-12-7-9-14(10-8-12)19(16,17)15-6-4-5-13(11-15)18-2/h4-11H,3H2,1-2H3. The molecule has 2 aromatic rings. The van der Waals surface area contributed by atoms with Crippen LogP contribution in [0.1, 0.15) is 12.5 Å². The summed E-state index contributed by atoms with van der Waals surface area (Å²) in [6.07, 6.45) is 0.888. The summed E-state index contributed by atoms with van der Waals surface area (Å²) < 4.78 is 29.9. The third kappa shape index (κ3) is 2.79. The Morgan fingerprint density at radius 1 is 1.00 bits per heavy atom. The second kappa shape index (κ2) is 5.45. The fourth-order valence-electron chi connectivity index (χ4n) is 1.81. The molecule has 0 aliphatic carbocycles. The quantitative estimate of drug-likeness (QED) is 0.862. The summed E-state index contributed by atoms with van der Waals surface area (Å²) >= 11 is 0. The van der Waals surface area contributed by atoms with Gasteiger partial charge in [0.1, 0.15) is 5.75 Å². The maximum Gasteiger partial charge on any atom is 0.206 e. The molecule has 0 spiro atoms. The fraction of sp³-hybridized carbons (Fsp3) is 0.200. The van der Waals surface area contributed by atoms with Crippen LogP contribution in [-0.2, 0) is 16.3 Å². The van der Waals surface area contributed by atoms with E-state index in [-0.39, 0.29) is 4.90 Å². The van der Waals surface area contributed by atoms with Crippen LogP contribution in [0.15, 0.2) is 58.3 Å². The summed E-state index contributed by atoms with van der Waals surface area (Å²) in [4.78, 5) is 0.550. The summed E-state index contributed by atoms with van der Waals surface area (Å²) in [5.41, 5.74) is 1.12. The second-order valence-electron chi connectivity index (χ2n) is 4.18. The summed E-state index contributed by atoms with van der Waals surface area (Å²) in [7, 11) is -1.96. The van der Waals surface area contributed by atoms with Crippen molar-refractivity contribution in [3.05, 3.63) is 54.1 Å². The molecule has 100 valence electrons. The number of methoxy groups -OCH3 is 1. The average molecular weight is 276 g/mol. The van der Waals surface area contributed by atoms with Gasteiger partial charge in [-0.05, 0) is 42.3 Å². The van der Waals surface area contributed by atoms with E-state index in [1.165, 1.54) is 13.2 Å². The highest BCUT2D eigenvalue weighted by Gasteiger charge is 2.17. The molecule has 0 heterocycles. The van der Waals surface area contributed by atoms with Crippen LogP contribution in [0.3, 0.4) is 0 Å². The van der Waals surface area contributed by atoms with Gasteiger partial charge in [-0.25, -0.2) is 8.42 Å². The Balaban J connectivity index is 2.45. The van der Waals surface area contributed by atoms with Gasteiger partial charge in [0.05, 0.1) is 16.9 Å². The Morgan fingerprint density at radius 2 is 1.68 bits per heavy atom. The number of rotatable bonds is 4. The fourth-order valence-corrected chi connectivity index (χ4v) is 3.10. The van der Waals surface area contributed by atoms with Crippen molar-refractivity contribution in [2.75, 3.05) is 7.11 Å². The number of hydrogen-bond acceptors (Lipinski definition) is 3. The lowest BCUT2D eigenvalue weighted by Gasteiger charge is -2.07.